The smallest absolute Gasteiger partial charge is 0.263 e. The Kier molecular flexibility index (Phi) is 7.31. The number of hydrogen-bond donors (Lipinski definition) is 1. The minimum atomic E-state index is -0.434. The first-order valence-electron chi connectivity index (χ1n) is 13.4. The van der Waals surface area contributed by atoms with Crippen LogP contribution in [0.1, 0.15) is 43.5 Å². The highest BCUT2D eigenvalue weighted by atomic mass is 16.2. The first kappa shape index (κ1) is 25.7. The van der Waals surface area contributed by atoms with Gasteiger partial charge in [0.1, 0.15) is 17.8 Å². The minimum absolute atomic E-state index is 0.0819. The second-order valence-corrected chi connectivity index (χ2v) is 10.2. The third-order valence-electron chi connectivity index (χ3n) is 7.85. The molecule has 2 unspecified atom stereocenters. The highest BCUT2D eigenvalue weighted by molar-refractivity contribution is 5.94. The SMILES string of the molecule is CCN(CC)C(=O)Cn1cccc(C(=O)N2CCC(C3CC3)C2Cn2cc(-c3cccc(N)c3)nn2)c1=O. The first-order chi connectivity index (χ1) is 18.4. The molecule has 1 aliphatic heterocycles. The van der Waals surface area contributed by atoms with Crippen LogP contribution in [0.15, 0.2) is 53.6 Å². The van der Waals surface area contributed by atoms with E-state index in [1.54, 1.807) is 27.9 Å². The van der Waals surface area contributed by atoms with E-state index in [1.165, 1.54) is 17.4 Å². The van der Waals surface area contributed by atoms with Crippen molar-refractivity contribution in [2.24, 2.45) is 11.8 Å². The zero-order chi connectivity index (χ0) is 26.8. The van der Waals surface area contributed by atoms with Crippen molar-refractivity contribution in [2.45, 2.75) is 52.2 Å². The molecule has 0 bridgehead atoms. The Bertz CT molecular complexity index is 1370. The van der Waals surface area contributed by atoms with Crippen molar-refractivity contribution in [1.29, 1.82) is 0 Å². The van der Waals surface area contributed by atoms with Gasteiger partial charge in [-0.05, 0) is 69.2 Å². The number of nitrogens with two attached hydrogens (primary N) is 1. The molecule has 2 amide bonds. The van der Waals surface area contributed by atoms with Gasteiger partial charge in [0.05, 0.1) is 18.8 Å². The number of nitrogen functional groups attached to an aromatic ring is 1. The zero-order valence-electron chi connectivity index (χ0n) is 22.0. The molecule has 10 nitrogen and oxygen atoms in total. The number of anilines is 1. The number of amides is 2. The summed E-state index contributed by atoms with van der Waals surface area (Å²) in [5.74, 6) is 0.517. The van der Waals surface area contributed by atoms with Crippen molar-refractivity contribution >= 4 is 17.5 Å². The summed E-state index contributed by atoms with van der Waals surface area (Å²) >= 11 is 0. The van der Waals surface area contributed by atoms with Crippen LogP contribution in [-0.2, 0) is 17.9 Å². The lowest BCUT2D eigenvalue weighted by molar-refractivity contribution is -0.131. The number of carbonyl (C=O) groups excluding carboxylic acids is 2. The van der Waals surface area contributed by atoms with Crippen LogP contribution in [0.3, 0.4) is 0 Å². The molecule has 0 radical (unpaired) electrons. The molecule has 1 saturated heterocycles. The van der Waals surface area contributed by atoms with Crippen molar-refractivity contribution in [1.82, 2.24) is 29.4 Å². The van der Waals surface area contributed by atoms with Gasteiger partial charge in [0.15, 0.2) is 0 Å². The standard InChI is InChI=1S/C28H35N7O3/c1-3-32(4-2)26(36)18-33-13-6-9-23(27(33)37)28(38)35-14-12-22(19-10-11-19)25(35)17-34-16-24(30-31-34)20-7-5-8-21(29)15-20/h5-9,13,15-16,19,22,25H,3-4,10-12,14,17-18,29H2,1-2H3. The molecule has 3 heterocycles. The van der Waals surface area contributed by atoms with Gasteiger partial charge in [-0.25, -0.2) is 4.68 Å². The Morgan fingerprint density at radius 1 is 1.11 bits per heavy atom. The maximum atomic E-state index is 13.8. The van der Waals surface area contributed by atoms with Gasteiger partial charge in [-0.2, -0.15) is 0 Å². The first-order valence-corrected chi connectivity index (χ1v) is 13.4. The van der Waals surface area contributed by atoms with Crippen LogP contribution < -0.4 is 11.3 Å². The molecule has 200 valence electrons. The monoisotopic (exact) mass is 517 g/mol. The number of nitrogens with zero attached hydrogens (tertiary/aromatic N) is 6. The molecular formula is C28H35N7O3. The van der Waals surface area contributed by atoms with Crippen LogP contribution in [0.2, 0.25) is 0 Å². The summed E-state index contributed by atoms with van der Waals surface area (Å²) in [7, 11) is 0. The summed E-state index contributed by atoms with van der Waals surface area (Å²) in [4.78, 5) is 43.2. The topological polar surface area (TPSA) is 119 Å². The molecule has 2 N–H and O–H groups in total. The van der Waals surface area contributed by atoms with Crippen molar-refractivity contribution in [3.05, 3.63) is 64.7 Å². The normalized spacial score (nSPS) is 19.1. The van der Waals surface area contributed by atoms with Gasteiger partial charge >= 0.3 is 0 Å². The zero-order valence-corrected chi connectivity index (χ0v) is 22.0. The summed E-state index contributed by atoms with van der Waals surface area (Å²) in [5, 5.41) is 8.67. The Hall–Kier alpha value is -3.95. The number of likely N-dealkylation sites (tertiary alicyclic amines) is 1. The predicted molar refractivity (Wildman–Crippen MR) is 144 cm³/mol. The maximum Gasteiger partial charge on any atom is 0.263 e. The van der Waals surface area contributed by atoms with Crippen molar-refractivity contribution in [2.75, 3.05) is 25.4 Å². The van der Waals surface area contributed by atoms with Crippen molar-refractivity contribution in [3.8, 4) is 11.3 Å². The summed E-state index contributed by atoms with van der Waals surface area (Å²) in [6, 6.07) is 10.7. The molecule has 10 heteroatoms. The van der Waals surface area contributed by atoms with Crippen LogP contribution >= 0.6 is 0 Å². The lowest BCUT2D eigenvalue weighted by Gasteiger charge is -2.28. The van der Waals surface area contributed by atoms with Crippen LogP contribution in [0.25, 0.3) is 11.3 Å². The highest BCUT2D eigenvalue weighted by Gasteiger charge is 2.45. The third kappa shape index (κ3) is 5.20. The quantitative estimate of drug-likeness (QED) is 0.436. The molecule has 1 aliphatic carbocycles. The lowest BCUT2D eigenvalue weighted by atomic mass is 9.94. The lowest BCUT2D eigenvalue weighted by Crippen LogP contribution is -2.44. The van der Waals surface area contributed by atoms with E-state index < -0.39 is 5.56 Å². The number of rotatable bonds is 9. The average molecular weight is 518 g/mol. The molecule has 2 aromatic heterocycles. The molecule has 1 aromatic carbocycles. The van der Waals surface area contributed by atoms with Gasteiger partial charge in [-0.3, -0.25) is 14.4 Å². The highest BCUT2D eigenvalue weighted by Crippen LogP contribution is 2.45. The Morgan fingerprint density at radius 3 is 2.61 bits per heavy atom. The molecule has 1 saturated carbocycles. The van der Waals surface area contributed by atoms with E-state index in [0.717, 1.165) is 17.7 Å². The Balaban J connectivity index is 1.38. The largest absolute Gasteiger partial charge is 0.399 e. The number of hydrogen-bond acceptors (Lipinski definition) is 6. The molecule has 3 aromatic rings. The Morgan fingerprint density at radius 2 is 1.89 bits per heavy atom. The number of carbonyl (C=O) groups is 2. The van der Waals surface area contributed by atoms with Gasteiger partial charge in [-0.15, -0.1) is 5.10 Å². The van der Waals surface area contributed by atoms with E-state index in [2.05, 4.69) is 10.3 Å². The fourth-order valence-corrected chi connectivity index (χ4v) is 5.65. The summed E-state index contributed by atoms with van der Waals surface area (Å²) in [6.45, 7) is 5.96. The Labute approximate surface area is 222 Å². The van der Waals surface area contributed by atoms with Crippen molar-refractivity contribution in [3.63, 3.8) is 0 Å². The van der Waals surface area contributed by atoms with E-state index in [-0.39, 0.29) is 30.0 Å². The van der Waals surface area contributed by atoms with E-state index in [0.29, 0.717) is 43.7 Å². The number of pyridine rings is 1. The number of likely N-dealkylation sites (N-methyl/N-ethyl adjacent to an activating group) is 1. The summed E-state index contributed by atoms with van der Waals surface area (Å²) < 4.78 is 3.13. The molecule has 38 heavy (non-hydrogen) atoms. The molecule has 2 fully saturated rings. The second kappa shape index (κ2) is 10.8. The van der Waals surface area contributed by atoms with E-state index in [4.69, 9.17) is 5.73 Å². The third-order valence-corrected chi connectivity index (χ3v) is 7.85. The molecule has 2 aliphatic rings. The average Bonchev–Trinajstić information content (AvgIpc) is 3.50. The minimum Gasteiger partial charge on any atom is -0.399 e. The van der Waals surface area contributed by atoms with Gasteiger partial charge < -0.3 is 20.1 Å². The molecule has 2 atom stereocenters. The summed E-state index contributed by atoms with van der Waals surface area (Å²) in [6.07, 6.45) is 6.69. The molecule has 5 rings (SSSR count). The van der Waals surface area contributed by atoms with Crippen molar-refractivity contribution < 1.29 is 9.59 Å². The molecule has 0 spiro atoms. The van der Waals surface area contributed by atoms with Gasteiger partial charge in [-0.1, -0.05) is 17.3 Å². The fraction of sp³-hybridized carbons (Fsp3) is 0.464. The van der Waals surface area contributed by atoms with Gasteiger partial charge in [0.25, 0.3) is 11.5 Å². The van der Waals surface area contributed by atoms with E-state index >= 15 is 0 Å². The van der Waals surface area contributed by atoms with Gasteiger partial charge in [0, 0.05) is 37.1 Å². The number of aromatic nitrogens is 4. The van der Waals surface area contributed by atoms with Crippen LogP contribution in [0, 0.1) is 11.8 Å². The van der Waals surface area contributed by atoms with Crippen LogP contribution in [0.4, 0.5) is 5.69 Å². The van der Waals surface area contributed by atoms with E-state index in [9.17, 15) is 14.4 Å². The number of benzene rings is 1. The van der Waals surface area contributed by atoms with E-state index in [1.807, 2.05) is 49.2 Å². The molecular weight excluding hydrogens is 482 g/mol. The predicted octanol–water partition coefficient (Wildman–Crippen LogP) is 2.50. The fourth-order valence-electron chi connectivity index (χ4n) is 5.65. The van der Waals surface area contributed by atoms with Crippen LogP contribution in [0.5, 0.6) is 0 Å². The summed E-state index contributed by atoms with van der Waals surface area (Å²) in [5.41, 5.74) is 7.86. The second-order valence-electron chi connectivity index (χ2n) is 10.2. The van der Waals surface area contributed by atoms with Crippen LogP contribution in [-0.4, -0.2) is 66.9 Å². The maximum absolute atomic E-state index is 13.8. The van der Waals surface area contributed by atoms with Gasteiger partial charge in [0.2, 0.25) is 5.91 Å².